The van der Waals surface area contributed by atoms with Gasteiger partial charge in [0, 0.05) is 17.8 Å². The number of hydrogen-bond donors (Lipinski definition) is 0. The first-order valence-corrected chi connectivity index (χ1v) is 4.19. The van der Waals surface area contributed by atoms with Crippen molar-refractivity contribution >= 4 is 11.6 Å². The Morgan fingerprint density at radius 3 is 2.64 bits per heavy atom. The molecule has 1 aromatic heterocycles. The highest BCUT2D eigenvalue weighted by Gasteiger charge is 2.10. The molecule has 0 saturated heterocycles. The number of nitrogens with zero attached hydrogens (tertiary/aromatic N) is 1. The average molecular weight is 170 g/mol. The maximum atomic E-state index is 5.93. The summed E-state index contributed by atoms with van der Waals surface area (Å²) in [4.78, 5) is 4.03. The smallest absolute Gasteiger partial charge is 0.0374 e. The summed E-state index contributed by atoms with van der Waals surface area (Å²) in [7, 11) is 0. The van der Waals surface area contributed by atoms with Crippen molar-refractivity contribution in [1.29, 1.82) is 0 Å². The minimum absolute atomic E-state index is 0.166. The molecule has 1 nitrogen and oxygen atoms in total. The summed E-state index contributed by atoms with van der Waals surface area (Å²) >= 11 is 5.93. The zero-order chi connectivity index (χ0) is 8.27. The van der Waals surface area contributed by atoms with E-state index in [1.165, 1.54) is 5.56 Å². The van der Waals surface area contributed by atoms with E-state index in [0.717, 1.165) is 0 Å². The maximum absolute atomic E-state index is 5.93. The van der Waals surface area contributed by atoms with E-state index in [1.54, 1.807) is 6.20 Å². The highest BCUT2D eigenvalue weighted by molar-refractivity contribution is 6.20. The van der Waals surface area contributed by atoms with Gasteiger partial charge in [-0.25, -0.2) is 0 Å². The molecule has 1 aromatic rings. The second-order valence-corrected chi connectivity index (χ2v) is 3.44. The van der Waals surface area contributed by atoms with Crippen LogP contribution in [0, 0.1) is 0 Å². The van der Waals surface area contributed by atoms with E-state index in [-0.39, 0.29) is 5.38 Å². The van der Waals surface area contributed by atoms with E-state index in [9.17, 15) is 0 Å². The van der Waals surface area contributed by atoms with Gasteiger partial charge in [0.2, 0.25) is 0 Å². The van der Waals surface area contributed by atoms with Crippen LogP contribution in [0.15, 0.2) is 24.5 Å². The van der Waals surface area contributed by atoms with E-state index in [4.69, 9.17) is 11.6 Å². The number of aromatic nitrogens is 1. The van der Waals surface area contributed by atoms with Gasteiger partial charge in [0.1, 0.15) is 0 Å². The Bertz CT molecular complexity index is 208. The summed E-state index contributed by atoms with van der Waals surface area (Å²) in [6.07, 6.45) is 3.64. The van der Waals surface area contributed by atoms with Gasteiger partial charge in [-0.3, -0.25) is 4.98 Å². The van der Waals surface area contributed by atoms with Gasteiger partial charge in [-0.1, -0.05) is 13.0 Å². The zero-order valence-electron chi connectivity index (χ0n) is 6.79. The molecule has 11 heavy (non-hydrogen) atoms. The number of rotatable bonds is 2. The quantitative estimate of drug-likeness (QED) is 0.621. The molecule has 1 heterocycles. The molecule has 0 spiro atoms. The Morgan fingerprint density at radius 1 is 1.45 bits per heavy atom. The molecule has 0 aromatic carbocycles. The lowest BCUT2D eigenvalue weighted by atomic mass is 10.0. The lowest BCUT2D eigenvalue weighted by Crippen LogP contribution is -2.04. The molecular weight excluding hydrogens is 158 g/mol. The van der Waals surface area contributed by atoms with Gasteiger partial charge in [0.15, 0.2) is 0 Å². The standard InChI is InChI=1S/C9H12ClN/c1-7(8(2)10)9-4-3-5-11-6-9/h3-8H,1-2H3. The predicted molar refractivity (Wildman–Crippen MR) is 48.0 cm³/mol. The van der Waals surface area contributed by atoms with E-state index >= 15 is 0 Å². The molecule has 60 valence electrons. The SMILES string of the molecule is CC(Cl)C(C)c1cccnc1. The fourth-order valence-electron chi connectivity index (χ4n) is 0.911. The number of hydrogen-bond acceptors (Lipinski definition) is 1. The minimum Gasteiger partial charge on any atom is -0.264 e. The molecule has 0 bridgehead atoms. The third-order valence-corrected chi connectivity index (χ3v) is 2.28. The Hall–Kier alpha value is -0.560. The predicted octanol–water partition coefficient (Wildman–Crippen LogP) is 2.81. The molecule has 0 aliphatic carbocycles. The van der Waals surface area contributed by atoms with Crippen molar-refractivity contribution < 1.29 is 0 Å². The summed E-state index contributed by atoms with van der Waals surface area (Å²) in [6, 6.07) is 3.99. The zero-order valence-corrected chi connectivity index (χ0v) is 7.55. The lowest BCUT2D eigenvalue weighted by Gasteiger charge is -2.12. The number of halogens is 1. The van der Waals surface area contributed by atoms with Crippen molar-refractivity contribution in [3.63, 3.8) is 0 Å². The van der Waals surface area contributed by atoms with Gasteiger partial charge in [-0.15, -0.1) is 11.6 Å². The monoisotopic (exact) mass is 169 g/mol. The summed E-state index contributed by atoms with van der Waals surface area (Å²) in [5.41, 5.74) is 1.20. The summed E-state index contributed by atoms with van der Waals surface area (Å²) in [6.45, 7) is 4.11. The van der Waals surface area contributed by atoms with Crippen LogP contribution in [0.1, 0.15) is 25.3 Å². The molecule has 0 aliphatic heterocycles. The van der Waals surface area contributed by atoms with E-state index in [2.05, 4.69) is 18.0 Å². The molecule has 0 saturated carbocycles. The number of alkyl halides is 1. The van der Waals surface area contributed by atoms with Crippen LogP contribution < -0.4 is 0 Å². The molecule has 2 heteroatoms. The van der Waals surface area contributed by atoms with Crippen LogP contribution in [0.5, 0.6) is 0 Å². The van der Waals surface area contributed by atoms with Crippen LogP contribution >= 0.6 is 11.6 Å². The topological polar surface area (TPSA) is 12.9 Å². The molecule has 0 fully saturated rings. The van der Waals surface area contributed by atoms with Gasteiger partial charge in [-0.2, -0.15) is 0 Å². The summed E-state index contributed by atoms with van der Waals surface area (Å²) < 4.78 is 0. The molecule has 1 rings (SSSR count). The second kappa shape index (κ2) is 3.72. The molecule has 0 N–H and O–H groups in total. The Morgan fingerprint density at radius 2 is 2.18 bits per heavy atom. The highest BCUT2D eigenvalue weighted by atomic mass is 35.5. The van der Waals surface area contributed by atoms with Crippen molar-refractivity contribution in [2.45, 2.75) is 25.1 Å². The van der Waals surface area contributed by atoms with Crippen molar-refractivity contribution in [3.05, 3.63) is 30.1 Å². The maximum Gasteiger partial charge on any atom is 0.0374 e. The van der Waals surface area contributed by atoms with Crippen LogP contribution in [-0.2, 0) is 0 Å². The van der Waals surface area contributed by atoms with Crippen LogP contribution in [-0.4, -0.2) is 10.4 Å². The van der Waals surface area contributed by atoms with Crippen LogP contribution in [0.2, 0.25) is 0 Å². The van der Waals surface area contributed by atoms with Crippen molar-refractivity contribution in [3.8, 4) is 0 Å². The van der Waals surface area contributed by atoms with E-state index in [0.29, 0.717) is 5.92 Å². The third-order valence-electron chi connectivity index (χ3n) is 1.90. The molecule has 2 unspecified atom stereocenters. The summed E-state index contributed by atoms with van der Waals surface area (Å²) in [5, 5.41) is 0.166. The van der Waals surface area contributed by atoms with Crippen molar-refractivity contribution in [2.24, 2.45) is 0 Å². The summed E-state index contributed by atoms with van der Waals surface area (Å²) in [5.74, 6) is 0.380. The third kappa shape index (κ3) is 2.19. The Kier molecular flexibility index (Phi) is 2.89. The van der Waals surface area contributed by atoms with E-state index in [1.807, 2.05) is 19.2 Å². The lowest BCUT2D eigenvalue weighted by molar-refractivity contribution is 0.738. The van der Waals surface area contributed by atoms with Crippen LogP contribution in [0.25, 0.3) is 0 Å². The first-order chi connectivity index (χ1) is 5.22. The molecule has 0 amide bonds. The Balaban J connectivity index is 2.77. The van der Waals surface area contributed by atoms with Crippen molar-refractivity contribution in [1.82, 2.24) is 4.98 Å². The first kappa shape index (κ1) is 8.54. The van der Waals surface area contributed by atoms with Crippen LogP contribution in [0.3, 0.4) is 0 Å². The molecule has 0 aliphatic rings. The molecular formula is C9H12ClN. The highest BCUT2D eigenvalue weighted by Crippen LogP contribution is 2.21. The second-order valence-electron chi connectivity index (χ2n) is 2.75. The van der Waals surface area contributed by atoms with Gasteiger partial charge < -0.3 is 0 Å². The normalized spacial score (nSPS) is 15.9. The fraction of sp³-hybridized carbons (Fsp3) is 0.444. The van der Waals surface area contributed by atoms with E-state index < -0.39 is 0 Å². The van der Waals surface area contributed by atoms with Crippen LogP contribution in [0.4, 0.5) is 0 Å². The van der Waals surface area contributed by atoms with Gasteiger partial charge >= 0.3 is 0 Å². The van der Waals surface area contributed by atoms with Gasteiger partial charge in [0.25, 0.3) is 0 Å². The fourth-order valence-corrected chi connectivity index (χ4v) is 1.06. The van der Waals surface area contributed by atoms with Gasteiger partial charge in [-0.05, 0) is 24.5 Å². The van der Waals surface area contributed by atoms with Gasteiger partial charge in [0.05, 0.1) is 0 Å². The largest absolute Gasteiger partial charge is 0.264 e. The molecule has 0 radical (unpaired) electrons. The van der Waals surface area contributed by atoms with Crippen molar-refractivity contribution in [2.75, 3.05) is 0 Å². The average Bonchev–Trinajstić information content (AvgIpc) is 2.05. The number of pyridine rings is 1. The first-order valence-electron chi connectivity index (χ1n) is 3.76. The minimum atomic E-state index is 0.166. The molecule has 2 atom stereocenters. The Labute approximate surface area is 72.4 Å².